The first-order valence-electron chi connectivity index (χ1n) is 9.54. The summed E-state index contributed by atoms with van der Waals surface area (Å²) in [6, 6.07) is 10.2. The van der Waals surface area contributed by atoms with Gasteiger partial charge in [0.15, 0.2) is 0 Å². The molecule has 2 aliphatic heterocycles. The lowest BCUT2D eigenvalue weighted by molar-refractivity contribution is -0.150. The Morgan fingerprint density at radius 3 is 2.59 bits per heavy atom. The summed E-state index contributed by atoms with van der Waals surface area (Å²) in [7, 11) is 1.40. The zero-order valence-electron chi connectivity index (χ0n) is 16.0. The lowest BCUT2D eigenvalue weighted by Crippen LogP contribution is -2.57. The maximum atomic E-state index is 12.5. The fourth-order valence-electron chi connectivity index (χ4n) is 4.41. The number of carbonyl (C=O) groups is 2. The van der Waals surface area contributed by atoms with E-state index in [4.69, 9.17) is 4.74 Å². The summed E-state index contributed by atoms with van der Waals surface area (Å²) in [5.41, 5.74) is 0.758. The minimum atomic E-state index is -0.433. The van der Waals surface area contributed by atoms with Crippen molar-refractivity contribution >= 4 is 18.0 Å². The van der Waals surface area contributed by atoms with Crippen LogP contribution in [-0.4, -0.2) is 60.5 Å². The van der Waals surface area contributed by atoms with Crippen LogP contribution in [-0.2, 0) is 14.3 Å². The maximum absolute atomic E-state index is 12.5. The van der Waals surface area contributed by atoms with E-state index in [0.29, 0.717) is 6.54 Å². The van der Waals surface area contributed by atoms with E-state index < -0.39 is 5.54 Å². The Hall–Kier alpha value is -2.40. The molecule has 5 nitrogen and oxygen atoms in total. The molecule has 2 saturated heterocycles. The van der Waals surface area contributed by atoms with Crippen LogP contribution >= 0.6 is 0 Å². The first kappa shape index (κ1) is 19.4. The van der Waals surface area contributed by atoms with Gasteiger partial charge in [-0.2, -0.15) is 0 Å². The molecule has 1 amide bonds. The minimum Gasteiger partial charge on any atom is -0.469 e. The van der Waals surface area contributed by atoms with Crippen molar-refractivity contribution in [2.24, 2.45) is 5.92 Å². The molecule has 0 bridgehead atoms. The van der Waals surface area contributed by atoms with Gasteiger partial charge in [-0.1, -0.05) is 48.6 Å². The van der Waals surface area contributed by atoms with Gasteiger partial charge in [-0.25, -0.2) is 0 Å². The van der Waals surface area contributed by atoms with Crippen molar-refractivity contribution < 1.29 is 14.3 Å². The number of likely N-dealkylation sites (tertiary alicyclic amines) is 2. The molecular formula is C22H28N2O3. The Morgan fingerprint density at radius 2 is 1.96 bits per heavy atom. The number of piperidine rings is 1. The number of benzene rings is 1. The zero-order chi connectivity index (χ0) is 19.3. The van der Waals surface area contributed by atoms with E-state index in [2.05, 4.69) is 35.8 Å². The number of hydrogen-bond donors (Lipinski definition) is 0. The Balaban J connectivity index is 1.66. The van der Waals surface area contributed by atoms with Crippen LogP contribution in [0.15, 0.2) is 49.1 Å². The standard InChI is InChI=1S/C22H28N2O3/c1-3-13-24-20(25)17-19(21(26)27-2)22(24)11-15-23(16-12-22)14-7-10-18-8-5-4-6-9-18/h3-10,19H,1,11-17H2,2H3/b10-7+. The topological polar surface area (TPSA) is 49.9 Å². The molecule has 0 saturated carbocycles. The van der Waals surface area contributed by atoms with Gasteiger partial charge in [-0.05, 0) is 18.4 Å². The Kier molecular flexibility index (Phi) is 6.11. The summed E-state index contributed by atoms with van der Waals surface area (Å²) in [6.07, 6.45) is 7.86. The molecule has 1 atom stereocenters. The molecule has 2 heterocycles. The largest absolute Gasteiger partial charge is 0.469 e. The lowest BCUT2D eigenvalue weighted by atomic mass is 9.76. The van der Waals surface area contributed by atoms with Gasteiger partial charge in [0.2, 0.25) is 5.91 Å². The molecule has 144 valence electrons. The summed E-state index contributed by atoms with van der Waals surface area (Å²) < 4.78 is 5.01. The quantitative estimate of drug-likeness (QED) is 0.572. The second kappa shape index (κ2) is 8.53. The van der Waals surface area contributed by atoms with E-state index in [1.54, 1.807) is 6.08 Å². The zero-order valence-corrected chi connectivity index (χ0v) is 16.0. The number of amides is 1. The van der Waals surface area contributed by atoms with E-state index >= 15 is 0 Å². The van der Waals surface area contributed by atoms with Gasteiger partial charge in [0.1, 0.15) is 0 Å². The first-order valence-corrected chi connectivity index (χ1v) is 9.54. The van der Waals surface area contributed by atoms with Gasteiger partial charge in [-0.3, -0.25) is 14.5 Å². The summed E-state index contributed by atoms with van der Waals surface area (Å²) in [4.78, 5) is 29.1. The van der Waals surface area contributed by atoms with Crippen molar-refractivity contribution in [3.05, 3.63) is 54.6 Å². The summed E-state index contributed by atoms with van der Waals surface area (Å²) in [5.74, 6) is -0.619. The molecule has 1 unspecified atom stereocenters. The normalized spacial score (nSPS) is 22.5. The van der Waals surface area contributed by atoms with Crippen molar-refractivity contribution in [3.63, 3.8) is 0 Å². The summed E-state index contributed by atoms with van der Waals surface area (Å²) in [6.45, 7) is 6.84. The van der Waals surface area contributed by atoms with Crippen LogP contribution in [0.4, 0.5) is 0 Å². The average molecular weight is 368 g/mol. The highest BCUT2D eigenvalue weighted by Crippen LogP contribution is 2.44. The molecule has 0 aromatic heterocycles. The SMILES string of the molecule is C=CCN1C(=O)CC(C(=O)OC)C12CCN(C/C=C/c1ccccc1)CC2. The first-order chi connectivity index (χ1) is 13.1. The third-order valence-corrected chi connectivity index (χ3v) is 5.86. The average Bonchev–Trinajstić information content (AvgIpc) is 2.96. The molecule has 0 aliphatic carbocycles. The Labute approximate surface area is 161 Å². The lowest BCUT2D eigenvalue weighted by Gasteiger charge is -2.46. The number of nitrogens with zero attached hydrogens (tertiary/aromatic N) is 2. The van der Waals surface area contributed by atoms with Crippen molar-refractivity contribution in [2.45, 2.75) is 24.8 Å². The van der Waals surface area contributed by atoms with Crippen LogP contribution < -0.4 is 0 Å². The highest BCUT2D eigenvalue weighted by Gasteiger charge is 2.56. The fraction of sp³-hybridized carbons (Fsp3) is 0.455. The second-order valence-electron chi connectivity index (χ2n) is 7.29. The third kappa shape index (κ3) is 3.98. The predicted molar refractivity (Wildman–Crippen MR) is 106 cm³/mol. The van der Waals surface area contributed by atoms with Gasteiger partial charge >= 0.3 is 5.97 Å². The van der Waals surface area contributed by atoms with Crippen molar-refractivity contribution in [3.8, 4) is 0 Å². The van der Waals surface area contributed by atoms with E-state index in [0.717, 1.165) is 32.5 Å². The number of ether oxygens (including phenoxy) is 1. The van der Waals surface area contributed by atoms with Gasteiger partial charge < -0.3 is 9.64 Å². The predicted octanol–water partition coefficient (Wildman–Crippen LogP) is 2.74. The molecule has 5 heteroatoms. The summed E-state index contributed by atoms with van der Waals surface area (Å²) in [5, 5.41) is 0. The Bertz CT molecular complexity index is 706. The minimum absolute atomic E-state index is 0.0303. The molecule has 1 aromatic rings. The highest BCUT2D eigenvalue weighted by atomic mass is 16.5. The van der Waals surface area contributed by atoms with E-state index in [-0.39, 0.29) is 24.2 Å². The number of esters is 1. The summed E-state index contributed by atoms with van der Waals surface area (Å²) >= 11 is 0. The molecule has 1 spiro atoms. The Morgan fingerprint density at radius 1 is 1.26 bits per heavy atom. The van der Waals surface area contributed by atoms with Crippen LogP contribution in [0.3, 0.4) is 0 Å². The van der Waals surface area contributed by atoms with Crippen LogP contribution in [0.25, 0.3) is 6.08 Å². The molecule has 2 aliphatic rings. The van der Waals surface area contributed by atoms with Crippen LogP contribution in [0.5, 0.6) is 0 Å². The van der Waals surface area contributed by atoms with Crippen LogP contribution in [0.2, 0.25) is 0 Å². The second-order valence-corrected chi connectivity index (χ2v) is 7.29. The number of methoxy groups -OCH3 is 1. The van der Waals surface area contributed by atoms with Crippen molar-refractivity contribution in [1.29, 1.82) is 0 Å². The highest BCUT2D eigenvalue weighted by molar-refractivity contribution is 5.89. The molecule has 27 heavy (non-hydrogen) atoms. The maximum Gasteiger partial charge on any atom is 0.311 e. The van der Waals surface area contributed by atoms with Gasteiger partial charge in [-0.15, -0.1) is 6.58 Å². The van der Waals surface area contributed by atoms with E-state index in [1.807, 2.05) is 23.1 Å². The smallest absolute Gasteiger partial charge is 0.311 e. The van der Waals surface area contributed by atoms with Crippen LogP contribution in [0, 0.1) is 5.92 Å². The number of hydrogen-bond acceptors (Lipinski definition) is 4. The molecule has 2 fully saturated rings. The molecule has 0 N–H and O–H groups in total. The molecule has 0 radical (unpaired) electrons. The number of carbonyl (C=O) groups excluding carboxylic acids is 2. The van der Waals surface area contributed by atoms with E-state index in [1.165, 1.54) is 12.7 Å². The van der Waals surface area contributed by atoms with Gasteiger partial charge in [0.05, 0.1) is 18.6 Å². The molecule has 1 aromatic carbocycles. The monoisotopic (exact) mass is 368 g/mol. The van der Waals surface area contributed by atoms with Crippen molar-refractivity contribution in [1.82, 2.24) is 9.80 Å². The molecular weight excluding hydrogens is 340 g/mol. The van der Waals surface area contributed by atoms with E-state index in [9.17, 15) is 9.59 Å². The molecule has 3 rings (SSSR count). The van der Waals surface area contributed by atoms with Crippen LogP contribution in [0.1, 0.15) is 24.8 Å². The third-order valence-electron chi connectivity index (χ3n) is 5.86. The fourth-order valence-corrected chi connectivity index (χ4v) is 4.41. The van der Waals surface area contributed by atoms with Crippen molar-refractivity contribution in [2.75, 3.05) is 33.3 Å². The van der Waals surface area contributed by atoms with Gasteiger partial charge in [0, 0.05) is 32.6 Å². The number of rotatable bonds is 6. The van der Waals surface area contributed by atoms with Gasteiger partial charge in [0.25, 0.3) is 0 Å².